The van der Waals surface area contributed by atoms with Gasteiger partial charge in [0.1, 0.15) is 5.82 Å². The van der Waals surface area contributed by atoms with Crippen molar-refractivity contribution in [3.05, 3.63) is 59.9 Å². The van der Waals surface area contributed by atoms with Crippen LogP contribution < -0.4 is 0 Å². The maximum atomic E-state index is 13.6. The van der Waals surface area contributed by atoms with E-state index in [-0.39, 0.29) is 12.4 Å². The topological polar surface area (TPSA) is 20.2 Å². The lowest BCUT2D eigenvalue weighted by Crippen LogP contribution is -1.89. The molecule has 0 aliphatic rings. The highest BCUT2D eigenvalue weighted by Crippen LogP contribution is 2.23. The first-order chi connectivity index (χ1) is 8.81. The molecule has 2 rings (SSSR count). The first kappa shape index (κ1) is 12.8. The molecule has 0 unspecified atom stereocenters. The van der Waals surface area contributed by atoms with Crippen molar-refractivity contribution in [2.45, 2.75) is 19.3 Å². The van der Waals surface area contributed by atoms with Gasteiger partial charge in [-0.25, -0.2) is 4.39 Å². The zero-order valence-electron chi connectivity index (χ0n) is 10.3. The van der Waals surface area contributed by atoms with Gasteiger partial charge in [0.05, 0.1) is 0 Å². The molecule has 2 heteroatoms. The van der Waals surface area contributed by atoms with Crippen LogP contribution in [0.4, 0.5) is 4.39 Å². The maximum Gasteiger partial charge on any atom is 0.131 e. The number of halogens is 1. The van der Waals surface area contributed by atoms with Crippen LogP contribution in [-0.2, 0) is 6.42 Å². The number of unbranched alkanes of at least 4 members (excludes halogenated alkanes) is 1. The van der Waals surface area contributed by atoms with E-state index in [2.05, 4.69) is 0 Å². The van der Waals surface area contributed by atoms with Crippen molar-refractivity contribution in [1.29, 1.82) is 0 Å². The average molecular weight is 244 g/mol. The number of aryl methyl sites for hydroxylation is 1. The van der Waals surface area contributed by atoms with Crippen LogP contribution >= 0.6 is 0 Å². The van der Waals surface area contributed by atoms with Gasteiger partial charge >= 0.3 is 0 Å². The molecule has 0 spiro atoms. The Balaban J connectivity index is 2.10. The van der Waals surface area contributed by atoms with Gasteiger partial charge in [-0.2, -0.15) is 0 Å². The van der Waals surface area contributed by atoms with E-state index in [4.69, 9.17) is 5.11 Å². The van der Waals surface area contributed by atoms with Gasteiger partial charge < -0.3 is 5.11 Å². The van der Waals surface area contributed by atoms with E-state index < -0.39 is 0 Å². The van der Waals surface area contributed by atoms with E-state index in [0.717, 1.165) is 24.8 Å². The molecule has 0 heterocycles. The lowest BCUT2D eigenvalue weighted by Gasteiger charge is -2.05. The van der Waals surface area contributed by atoms with Gasteiger partial charge in [0.15, 0.2) is 0 Å². The van der Waals surface area contributed by atoms with Crippen molar-refractivity contribution in [3.8, 4) is 11.1 Å². The number of hydrogen-bond donors (Lipinski definition) is 1. The molecule has 0 bridgehead atoms. The second-order valence-electron chi connectivity index (χ2n) is 4.36. The zero-order valence-corrected chi connectivity index (χ0v) is 10.3. The lowest BCUT2D eigenvalue weighted by atomic mass is 10.0. The summed E-state index contributed by atoms with van der Waals surface area (Å²) in [6, 6.07) is 14.8. The minimum Gasteiger partial charge on any atom is -0.396 e. The molecule has 1 nitrogen and oxygen atoms in total. The Morgan fingerprint density at radius 1 is 0.889 bits per heavy atom. The molecule has 0 amide bonds. The third-order valence-corrected chi connectivity index (χ3v) is 3.01. The normalized spacial score (nSPS) is 10.6. The van der Waals surface area contributed by atoms with Crippen molar-refractivity contribution in [3.63, 3.8) is 0 Å². The van der Waals surface area contributed by atoms with Gasteiger partial charge in [-0.3, -0.25) is 0 Å². The Hall–Kier alpha value is -1.67. The first-order valence-electron chi connectivity index (χ1n) is 6.26. The summed E-state index contributed by atoms with van der Waals surface area (Å²) in [6.45, 7) is 0.243. The number of aliphatic hydroxyl groups is 1. The van der Waals surface area contributed by atoms with Crippen LogP contribution in [0.1, 0.15) is 18.4 Å². The van der Waals surface area contributed by atoms with Crippen LogP contribution in [0.2, 0.25) is 0 Å². The Bertz CT molecular complexity index is 491. The van der Waals surface area contributed by atoms with Crippen LogP contribution in [0.3, 0.4) is 0 Å². The van der Waals surface area contributed by atoms with Crippen LogP contribution in [0.25, 0.3) is 11.1 Å². The summed E-state index contributed by atoms with van der Waals surface area (Å²) in [4.78, 5) is 0. The molecule has 0 saturated heterocycles. The van der Waals surface area contributed by atoms with E-state index >= 15 is 0 Å². The standard InChI is InChI=1S/C16H17FO/c17-16-7-2-1-6-15(16)14-10-8-13(9-11-14)5-3-4-12-18/h1-2,6-11,18H,3-5,12H2. The molecule has 0 fully saturated rings. The Morgan fingerprint density at radius 2 is 1.61 bits per heavy atom. The van der Waals surface area contributed by atoms with Crippen LogP contribution in [-0.4, -0.2) is 11.7 Å². The minimum absolute atomic E-state index is 0.189. The highest BCUT2D eigenvalue weighted by atomic mass is 19.1. The minimum atomic E-state index is -0.189. The van der Waals surface area contributed by atoms with Crippen molar-refractivity contribution < 1.29 is 9.50 Å². The zero-order chi connectivity index (χ0) is 12.8. The van der Waals surface area contributed by atoms with Gasteiger partial charge in [0, 0.05) is 12.2 Å². The SMILES string of the molecule is OCCCCc1ccc(-c2ccccc2F)cc1. The Morgan fingerprint density at radius 3 is 2.28 bits per heavy atom. The Kier molecular flexibility index (Phi) is 4.48. The summed E-state index contributed by atoms with van der Waals surface area (Å²) in [5.41, 5.74) is 2.77. The first-order valence-corrected chi connectivity index (χ1v) is 6.26. The molecule has 0 aliphatic carbocycles. The quantitative estimate of drug-likeness (QED) is 0.793. The summed E-state index contributed by atoms with van der Waals surface area (Å²) in [5.74, 6) is -0.189. The van der Waals surface area contributed by atoms with E-state index in [1.807, 2.05) is 30.3 Å². The van der Waals surface area contributed by atoms with Gasteiger partial charge in [-0.1, -0.05) is 42.5 Å². The number of aliphatic hydroxyl groups excluding tert-OH is 1. The molecule has 0 radical (unpaired) electrons. The molecular weight excluding hydrogens is 227 g/mol. The molecule has 2 aromatic rings. The fourth-order valence-electron chi connectivity index (χ4n) is 1.99. The van der Waals surface area contributed by atoms with Crippen LogP contribution in [0.5, 0.6) is 0 Å². The summed E-state index contributed by atoms with van der Waals surface area (Å²) < 4.78 is 13.6. The van der Waals surface area contributed by atoms with Gasteiger partial charge in [0.25, 0.3) is 0 Å². The summed E-state index contributed by atoms with van der Waals surface area (Å²) in [5, 5.41) is 8.73. The van der Waals surface area contributed by atoms with Crippen molar-refractivity contribution in [2.24, 2.45) is 0 Å². The van der Waals surface area contributed by atoms with Gasteiger partial charge in [-0.05, 0) is 36.5 Å². The van der Waals surface area contributed by atoms with Crippen molar-refractivity contribution in [2.75, 3.05) is 6.61 Å². The van der Waals surface area contributed by atoms with Crippen LogP contribution in [0, 0.1) is 5.82 Å². The second kappa shape index (κ2) is 6.31. The fourth-order valence-corrected chi connectivity index (χ4v) is 1.99. The number of hydrogen-bond acceptors (Lipinski definition) is 1. The van der Waals surface area contributed by atoms with Gasteiger partial charge in [-0.15, -0.1) is 0 Å². The highest BCUT2D eigenvalue weighted by Gasteiger charge is 2.03. The second-order valence-corrected chi connectivity index (χ2v) is 4.36. The molecule has 18 heavy (non-hydrogen) atoms. The largest absolute Gasteiger partial charge is 0.396 e. The summed E-state index contributed by atoms with van der Waals surface area (Å²) >= 11 is 0. The third kappa shape index (κ3) is 3.17. The molecule has 0 saturated carbocycles. The monoisotopic (exact) mass is 244 g/mol. The predicted molar refractivity (Wildman–Crippen MR) is 71.9 cm³/mol. The third-order valence-electron chi connectivity index (χ3n) is 3.01. The predicted octanol–water partition coefficient (Wildman–Crippen LogP) is 3.81. The molecule has 0 atom stereocenters. The smallest absolute Gasteiger partial charge is 0.131 e. The highest BCUT2D eigenvalue weighted by molar-refractivity contribution is 5.64. The van der Waals surface area contributed by atoms with Gasteiger partial charge in [0.2, 0.25) is 0 Å². The molecular formula is C16H17FO. The van der Waals surface area contributed by atoms with E-state index in [1.165, 1.54) is 11.6 Å². The molecule has 1 N–H and O–H groups in total. The summed E-state index contributed by atoms with van der Waals surface area (Å²) in [7, 11) is 0. The molecule has 94 valence electrons. The van der Waals surface area contributed by atoms with E-state index in [0.29, 0.717) is 5.56 Å². The van der Waals surface area contributed by atoms with Crippen molar-refractivity contribution in [1.82, 2.24) is 0 Å². The molecule has 0 aromatic heterocycles. The fraction of sp³-hybridized carbons (Fsp3) is 0.250. The molecule has 2 aromatic carbocycles. The summed E-state index contributed by atoms with van der Waals surface area (Å²) in [6.07, 6.45) is 2.77. The van der Waals surface area contributed by atoms with E-state index in [9.17, 15) is 4.39 Å². The van der Waals surface area contributed by atoms with E-state index in [1.54, 1.807) is 12.1 Å². The molecule has 0 aliphatic heterocycles. The average Bonchev–Trinajstić information content (AvgIpc) is 2.41. The van der Waals surface area contributed by atoms with Crippen molar-refractivity contribution >= 4 is 0 Å². The lowest BCUT2D eigenvalue weighted by molar-refractivity contribution is 0.284. The maximum absolute atomic E-state index is 13.6. The van der Waals surface area contributed by atoms with Crippen LogP contribution in [0.15, 0.2) is 48.5 Å². The number of rotatable bonds is 5. The Labute approximate surface area is 107 Å². The number of benzene rings is 2.